The van der Waals surface area contributed by atoms with Crippen molar-refractivity contribution in [2.75, 3.05) is 19.6 Å². The fraction of sp³-hybridized carbons (Fsp3) is 1.00. The van der Waals surface area contributed by atoms with Crippen molar-refractivity contribution in [3.05, 3.63) is 0 Å². The quantitative estimate of drug-likeness (QED) is 0.820. The Balaban J connectivity index is 2.48. The van der Waals surface area contributed by atoms with Gasteiger partial charge in [0.2, 0.25) is 0 Å². The topological polar surface area (TPSA) is 29.3 Å². The molecule has 1 aliphatic rings. The molecule has 2 atom stereocenters. The summed E-state index contributed by atoms with van der Waals surface area (Å²) in [6, 6.07) is 0. The molecule has 2 unspecified atom stereocenters. The minimum atomic E-state index is -0.0123. The zero-order chi connectivity index (χ0) is 13.1. The van der Waals surface area contributed by atoms with Gasteiger partial charge < -0.3 is 10.6 Å². The van der Waals surface area contributed by atoms with Crippen LogP contribution in [0.25, 0.3) is 0 Å². The molecular weight excluding hydrogens is 208 g/mol. The third kappa shape index (κ3) is 4.97. The van der Waals surface area contributed by atoms with Crippen LogP contribution in [0.5, 0.6) is 0 Å². The Kier molecular flexibility index (Phi) is 5.03. The summed E-state index contributed by atoms with van der Waals surface area (Å²) < 4.78 is 0. The first kappa shape index (κ1) is 15.0. The van der Waals surface area contributed by atoms with E-state index in [0.717, 1.165) is 18.9 Å². The Morgan fingerprint density at radius 2 is 1.76 bits per heavy atom. The van der Waals surface area contributed by atoms with Gasteiger partial charge in [-0.2, -0.15) is 0 Å². The van der Waals surface area contributed by atoms with Crippen molar-refractivity contribution in [1.29, 1.82) is 0 Å². The molecular formula is C15H32N2. The molecule has 0 saturated carbocycles. The standard InChI is InChI=1S/C15H32N2/c1-6-15(5,16)12-17-10-7-8-13(9-11-17)14(2,3)4/h13H,6-12,16H2,1-5H3. The summed E-state index contributed by atoms with van der Waals surface area (Å²) in [4.78, 5) is 2.58. The third-order valence-electron chi connectivity index (χ3n) is 4.44. The van der Waals surface area contributed by atoms with Crippen LogP contribution in [0, 0.1) is 11.3 Å². The van der Waals surface area contributed by atoms with E-state index in [9.17, 15) is 0 Å². The first-order chi connectivity index (χ1) is 7.74. The molecule has 0 aliphatic carbocycles. The summed E-state index contributed by atoms with van der Waals surface area (Å²) in [5, 5.41) is 0. The number of hydrogen-bond acceptors (Lipinski definition) is 2. The van der Waals surface area contributed by atoms with Crippen LogP contribution in [0.1, 0.15) is 60.3 Å². The average molecular weight is 240 g/mol. The SMILES string of the molecule is CCC(C)(N)CN1CCCC(C(C)(C)C)CC1. The maximum Gasteiger partial charge on any atom is 0.0252 e. The number of nitrogens with zero attached hydrogens (tertiary/aromatic N) is 1. The summed E-state index contributed by atoms with van der Waals surface area (Å²) >= 11 is 0. The van der Waals surface area contributed by atoms with Gasteiger partial charge in [0.15, 0.2) is 0 Å². The molecule has 0 radical (unpaired) electrons. The largest absolute Gasteiger partial charge is 0.324 e. The lowest BCUT2D eigenvalue weighted by Gasteiger charge is -2.32. The van der Waals surface area contributed by atoms with Crippen LogP contribution < -0.4 is 5.73 Å². The molecule has 1 rings (SSSR count). The van der Waals surface area contributed by atoms with Gasteiger partial charge in [0, 0.05) is 12.1 Å². The predicted octanol–water partition coefficient (Wildman–Crippen LogP) is 3.26. The lowest BCUT2D eigenvalue weighted by atomic mass is 9.77. The molecule has 2 heteroatoms. The highest BCUT2D eigenvalue weighted by Gasteiger charge is 2.28. The third-order valence-corrected chi connectivity index (χ3v) is 4.44. The van der Waals surface area contributed by atoms with Gasteiger partial charge in [-0.3, -0.25) is 0 Å². The average Bonchev–Trinajstić information content (AvgIpc) is 2.42. The van der Waals surface area contributed by atoms with E-state index < -0.39 is 0 Å². The molecule has 0 aromatic heterocycles. The molecule has 2 nitrogen and oxygen atoms in total. The molecule has 1 heterocycles. The van der Waals surface area contributed by atoms with Crippen LogP contribution >= 0.6 is 0 Å². The monoisotopic (exact) mass is 240 g/mol. The molecule has 0 bridgehead atoms. The minimum absolute atomic E-state index is 0.0123. The van der Waals surface area contributed by atoms with Crippen molar-refractivity contribution in [2.45, 2.75) is 65.8 Å². The zero-order valence-electron chi connectivity index (χ0n) is 12.6. The van der Waals surface area contributed by atoms with E-state index in [2.05, 4.69) is 39.5 Å². The minimum Gasteiger partial charge on any atom is -0.324 e. The Bertz CT molecular complexity index is 228. The lowest BCUT2D eigenvalue weighted by Crippen LogP contribution is -2.47. The highest BCUT2D eigenvalue weighted by molar-refractivity contribution is 4.84. The Morgan fingerprint density at radius 1 is 1.12 bits per heavy atom. The van der Waals surface area contributed by atoms with E-state index in [-0.39, 0.29) is 5.54 Å². The summed E-state index contributed by atoms with van der Waals surface area (Å²) in [5.41, 5.74) is 6.73. The van der Waals surface area contributed by atoms with E-state index in [0.29, 0.717) is 5.41 Å². The van der Waals surface area contributed by atoms with Gasteiger partial charge in [-0.25, -0.2) is 0 Å². The lowest BCUT2D eigenvalue weighted by molar-refractivity contribution is 0.193. The second kappa shape index (κ2) is 5.71. The predicted molar refractivity (Wildman–Crippen MR) is 76.1 cm³/mol. The Labute approximate surface area is 108 Å². The van der Waals surface area contributed by atoms with E-state index in [4.69, 9.17) is 5.73 Å². The first-order valence-corrected chi connectivity index (χ1v) is 7.26. The fourth-order valence-electron chi connectivity index (χ4n) is 2.80. The second-order valence-corrected chi connectivity index (χ2v) is 7.28. The zero-order valence-corrected chi connectivity index (χ0v) is 12.6. The molecule has 2 N–H and O–H groups in total. The van der Waals surface area contributed by atoms with Crippen molar-refractivity contribution in [3.63, 3.8) is 0 Å². The van der Waals surface area contributed by atoms with Crippen LogP contribution in [0.3, 0.4) is 0 Å². The first-order valence-electron chi connectivity index (χ1n) is 7.26. The van der Waals surface area contributed by atoms with Crippen molar-refractivity contribution in [1.82, 2.24) is 4.90 Å². The highest BCUT2D eigenvalue weighted by atomic mass is 15.1. The molecule has 1 fully saturated rings. The van der Waals surface area contributed by atoms with E-state index in [1.807, 2.05) is 0 Å². The summed E-state index contributed by atoms with van der Waals surface area (Å²) in [6.07, 6.45) is 5.12. The number of nitrogens with two attached hydrogens (primary N) is 1. The maximum absolute atomic E-state index is 6.28. The van der Waals surface area contributed by atoms with Gasteiger partial charge in [-0.15, -0.1) is 0 Å². The number of likely N-dealkylation sites (tertiary alicyclic amines) is 1. The van der Waals surface area contributed by atoms with Crippen molar-refractivity contribution < 1.29 is 0 Å². The van der Waals surface area contributed by atoms with Crippen molar-refractivity contribution in [2.24, 2.45) is 17.1 Å². The van der Waals surface area contributed by atoms with Crippen LogP contribution in [0.4, 0.5) is 0 Å². The van der Waals surface area contributed by atoms with E-state index in [1.54, 1.807) is 0 Å². The Morgan fingerprint density at radius 3 is 2.29 bits per heavy atom. The van der Waals surface area contributed by atoms with Gasteiger partial charge in [0.25, 0.3) is 0 Å². The van der Waals surface area contributed by atoms with Gasteiger partial charge >= 0.3 is 0 Å². The molecule has 17 heavy (non-hydrogen) atoms. The van der Waals surface area contributed by atoms with Gasteiger partial charge in [0.05, 0.1) is 0 Å². The second-order valence-electron chi connectivity index (χ2n) is 7.28. The van der Waals surface area contributed by atoms with Crippen LogP contribution in [-0.4, -0.2) is 30.1 Å². The fourth-order valence-corrected chi connectivity index (χ4v) is 2.80. The maximum atomic E-state index is 6.28. The van der Waals surface area contributed by atoms with Gasteiger partial charge in [0.1, 0.15) is 0 Å². The smallest absolute Gasteiger partial charge is 0.0252 e. The summed E-state index contributed by atoms with van der Waals surface area (Å²) in [6.45, 7) is 15.0. The van der Waals surface area contributed by atoms with Gasteiger partial charge in [-0.1, -0.05) is 27.7 Å². The van der Waals surface area contributed by atoms with Crippen molar-refractivity contribution >= 4 is 0 Å². The molecule has 0 spiro atoms. The normalized spacial score (nSPS) is 27.5. The molecule has 1 saturated heterocycles. The molecule has 102 valence electrons. The molecule has 0 aromatic rings. The van der Waals surface area contributed by atoms with Gasteiger partial charge in [-0.05, 0) is 57.0 Å². The number of hydrogen-bond donors (Lipinski definition) is 1. The van der Waals surface area contributed by atoms with Crippen LogP contribution in [0.15, 0.2) is 0 Å². The molecule has 0 amide bonds. The summed E-state index contributed by atoms with van der Waals surface area (Å²) in [5.74, 6) is 0.873. The highest BCUT2D eigenvalue weighted by Crippen LogP contribution is 2.34. The number of rotatable bonds is 3. The van der Waals surface area contributed by atoms with Crippen LogP contribution in [-0.2, 0) is 0 Å². The Hall–Kier alpha value is -0.0800. The van der Waals surface area contributed by atoms with E-state index in [1.165, 1.54) is 32.4 Å². The van der Waals surface area contributed by atoms with Crippen molar-refractivity contribution in [3.8, 4) is 0 Å². The summed E-state index contributed by atoms with van der Waals surface area (Å²) in [7, 11) is 0. The molecule has 1 aliphatic heterocycles. The van der Waals surface area contributed by atoms with E-state index >= 15 is 0 Å². The molecule has 0 aromatic carbocycles. The van der Waals surface area contributed by atoms with Crippen LogP contribution in [0.2, 0.25) is 0 Å².